The van der Waals surface area contributed by atoms with Gasteiger partial charge < -0.3 is 0 Å². The standard InChI is InChI=1S/C14H20Cl2N2/c1-2-7-11-12(15)17-14(18-13(11)16)10-8-5-3-4-6-9-10/h10H,2-9H2,1H3. The van der Waals surface area contributed by atoms with E-state index in [1.807, 2.05) is 0 Å². The van der Waals surface area contributed by atoms with Crippen molar-refractivity contribution in [2.45, 2.75) is 64.2 Å². The fourth-order valence-electron chi connectivity index (χ4n) is 2.62. The Morgan fingerprint density at radius 1 is 1.00 bits per heavy atom. The van der Waals surface area contributed by atoms with Crippen molar-refractivity contribution < 1.29 is 0 Å². The lowest BCUT2D eigenvalue weighted by molar-refractivity contribution is 0.559. The minimum atomic E-state index is 0.443. The molecule has 0 aliphatic heterocycles. The molecule has 4 heteroatoms. The van der Waals surface area contributed by atoms with E-state index in [-0.39, 0.29) is 0 Å². The first-order chi connectivity index (χ1) is 8.72. The van der Waals surface area contributed by atoms with Crippen LogP contribution in [0.4, 0.5) is 0 Å². The minimum Gasteiger partial charge on any atom is -0.221 e. The van der Waals surface area contributed by atoms with E-state index in [9.17, 15) is 0 Å². The van der Waals surface area contributed by atoms with Crippen molar-refractivity contribution in [2.24, 2.45) is 0 Å². The van der Waals surface area contributed by atoms with Gasteiger partial charge in [0, 0.05) is 11.5 Å². The van der Waals surface area contributed by atoms with Gasteiger partial charge in [-0.2, -0.15) is 0 Å². The van der Waals surface area contributed by atoms with Gasteiger partial charge in [0.2, 0.25) is 0 Å². The van der Waals surface area contributed by atoms with E-state index in [4.69, 9.17) is 23.2 Å². The van der Waals surface area contributed by atoms with Crippen LogP contribution in [-0.4, -0.2) is 9.97 Å². The number of rotatable bonds is 3. The highest BCUT2D eigenvalue weighted by atomic mass is 35.5. The summed E-state index contributed by atoms with van der Waals surface area (Å²) in [6, 6.07) is 0. The first kappa shape index (κ1) is 14.1. The maximum absolute atomic E-state index is 6.24. The van der Waals surface area contributed by atoms with Crippen molar-refractivity contribution in [3.05, 3.63) is 21.7 Å². The van der Waals surface area contributed by atoms with E-state index in [1.165, 1.54) is 38.5 Å². The number of aromatic nitrogens is 2. The lowest BCUT2D eigenvalue weighted by atomic mass is 9.99. The highest BCUT2D eigenvalue weighted by molar-refractivity contribution is 6.34. The molecule has 100 valence electrons. The third kappa shape index (κ3) is 3.36. The molecular formula is C14H20Cl2N2. The minimum absolute atomic E-state index is 0.443. The monoisotopic (exact) mass is 286 g/mol. The number of halogens is 2. The first-order valence-electron chi connectivity index (χ1n) is 6.94. The molecule has 1 saturated carbocycles. The zero-order valence-electron chi connectivity index (χ0n) is 10.9. The van der Waals surface area contributed by atoms with Gasteiger partial charge in [0.15, 0.2) is 0 Å². The quantitative estimate of drug-likeness (QED) is 0.566. The summed E-state index contributed by atoms with van der Waals surface area (Å²) < 4.78 is 0. The smallest absolute Gasteiger partial charge is 0.137 e. The Bertz CT molecular complexity index is 376. The second-order valence-electron chi connectivity index (χ2n) is 5.08. The Balaban J connectivity index is 2.23. The molecule has 0 amide bonds. The summed E-state index contributed by atoms with van der Waals surface area (Å²) in [7, 11) is 0. The molecule has 0 spiro atoms. The van der Waals surface area contributed by atoms with Crippen LogP contribution in [0.1, 0.15) is 69.2 Å². The molecular weight excluding hydrogens is 267 g/mol. The molecule has 2 nitrogen and oxygen atoms in total. The summed E-state index contributed by atoms with van der Waals surface area (Å²) >= 11 is 12.5. The molecule has 0 N–H and O–H groups in total. The Morgan fingerprint density at radius 2 is 1.56 bits per heavy atom. The predicted molar refractivity (Wildman–Crippen MR) is 76.5 cm³/mol. The maximum Gasteiger partial charge on any atom is 0.137 e. The summed E-state index contributed by atoms with van der Waals surface area (Å²) in [6.45, 7) is 2.10. The molecule has 1 aliphatic rings. The van der Waals surface area contributed by atoms with Gasteiger partial charge in [0.1, 0.15) is 16.1 Å². The Labute approximate surface area is 119 Å². The number of hydrogen-bond donors (Lipinski definition) is 0. The molecule has 0 saturated heterocycles. The molecule has 0 aromatic carbocycles. The van der Waals surface area contributed by atoms with Crippen molar-refractivity contribution in [1.29, 1.82) is 0 Å². The summed E-state index contributed by atoms with van der Waals surface area (Å²) in [5.41, 5.74) is 0.901. The van der Waals surface area contributed by atoms with Gasteiger partial charge in [-0.05, 0) is 19.3 Å². The summed E-state index contributed by atoms with van der Waals surface area (Å²) in [4.78, 5) is 8.98. The Hall–Kier alpha value is -0.340. The molecule has 18 heavy (non-hydrogen) atoms. The zero-order valence-corrected chi connectivity index (χ0v) is 12.4. The second kappa shape index (κ2) is 6.72. The predicted octanol–water partition coefficient (Wildman–Crippen LogP) is 5.17. The second-order valence-corrected chi connectivity index (χ2v) is 5.80. The Morgan fingerprint density at radius 3 is 2.06 bits per heavy atom. The molecule has 1 heterocycles. The van der Waals surface area contributed by atoms with Crippen molar-refractivity contribution in [3.8, 4) is 0 Å². The molecule has 2 rings (SSSR count). The van der Waals surface area contributed by atoms with E-state index in [0.29, 0.717) is 16.2 Å². The first-order valence-corrected chi connectivity index (χ1v) is 7.69. The fraction of sp³-hybridized carbons (Fsp3) is 0.714. The lowest BCUT2D eigenvalue weighted by Crippen LogP contribution is -2.06. The zero-order chi connectivity index (χ0) is 13.0. The third-order valence-electron chi connectivity index (χ3n) is 3.64. The van der Waals surface area contributed by atoms with Crippen molar-refractivity contribution in [3.63, 3.8) is 0 Å². The van der Waals surface area contributed by atoms with Gasteiger partial charge >= 0.3 is 0 Å². The van der Waals surface area contributed by atoms with Crippen LogP contribution in [0.3, 0.4) is 0 Å². The van der Waals surface area contributed by atoms with Crippen LogP contribution < -0.4 is 0 Å². The molecule has 0 atom stereocenters. The molecule has 0 unspecified atom stereocenters. The molecule has 1 aliphatic carbocycles. The van der Waals surface area contributed by atoms with Crippen LogP contribution in [0.2, 0.25) is 10.3 Å². The number of hydrogen-bond acceptors (Lipinski definition) is 2. The van der Waals surface area contributed by atoms with Crippen molar-refractivity contribution in [2.75, 3.05) is 0 Å². The van der Waals surface area contributed by atoms with Crippen LogP contribution >= 0.6 is 23.2 Å². The van der Waals surface area contributed by atoms with Gasteiger partial charge in [-0.25, -0.2) is 9.97 Å². The lowest BCUT2D eigenvalue weighted by Gasteiger charge is -2.14. The number of nitrogens with zero attached hydrogens (tertiary/aromatic N) is 2. The van der Waals surface area contributed by atoms with Crippen LogP contribution in [0.5, 0.6) is 0 Å². The molecule has 0 bridgehead atoms. The molecule has 1 aromatic heterocycles. The van der Waals surface area contributed by atoms with Crippen LogP contribution in [0, 0.1) is 0 Å². The van der Waals surface area contributed by atoms with Crippen LogP contribution in [-0.2, 0) is 6.42 Å². The highest BCUT2D eigenvalue weighted by Gasteiger charge is 2.20. The van der Waals surface area contributed by atoms with Crippen LogP contribution in [0.15, 0.2) is 0 Å². The average molecular weight is 287 g/mol. The maximum atomic E-state index is 6.24. The summed E-state index contributed by atoms with van der Waals surface area (Å²) in [5.74, 6) is 1.30. The van der Waals surface area contributed by atoms with Crippen molar-refractivity contribution in [1.82, 2.24) is 9.97 Å². The highest BCUT2D eigenvalue weighted by Crippen LogP contribution is 2.32. The van der Waals surface area contributed by atoms with Crippen molar-refractivity contribution >= 4 is 23.2 Å². The summed E-state index contributed by atoms with van der Waals surface area (Å²) in [5, 5.41) is 1.10. The van der Waals surface area contributed by atoms with Gasteiger partial charge in [-0.3, -0.25) is 0 Å². The van der Waals surface area contributed by atoms with E-state index in [1.54, 1.807) is 0 Å². The molecule has 0 radical (unpaired) electrons. The SMILES string of the molecule is CCCc1c(Cl)nc(C2CCCCCC2)nc1Cl. The van der Waals surface area contributed by atoms with E-state index >= 15 is 0 Å². The van der Waals surface area contributed by atoms with Gasteiger partial charge in [-0.1, -0.05) is 62.2 Å². The Kier molecular flexibility index (Phi) is 5.25. The van der Waals surface area contributed by atoms with E-state index < -0.39 is 0 Å². The van der Waals surface area contributed by atoms with Crippen LogP contribution in [0.25, 0.3) is 0 Å². The van der Waals surface area contributed by atoms with E-state index in [0.717, 1.165) is 24.2 Å². The van der Waals surface area contributed by atoms with Gasteiger partial charge in [0.05, 0.1) is 0 Å². The average Bonchev–Trinajstić information content (AvgIpc) is 2.62. The molecule has 1 fully saturated rings. The normalized spacial score (nSPS) is 17.7. The summed E-state index contributed by atoms with van der Waals surface area (Å²) in [6.07, 6.45) is 9.37. The molecule has 1 aromatic rings. The topological polar surface area (TPSA) is 25.8 Å². The third-order valence-corrected chi connectivity index (χ3v) is 4.27. The van der Waals surface area contributed by atoms with E-state index in [2.05, 4.69) is 16.9 Å². The largest absolute Gasteiger partial charge is 0.221 e. The van der Waals surface area contributed by atoms with Gasteiger partial charge in [0.25, 0.3) is 0 Å². The fourth-order valence-corrected chi connectivity index (χ4v) is 3.21. The van der Waals surface area contributed by atoms with Gasteiger partial charge in [-0.15, -0.1) is 0 Å².